The van der Waals surface area contributed by atoms with Crippen LogP contribution in [0.2, 0.25) is 0 Å². The van der Waals surface area contributed by atoms with Gasteiger partial charge in [0.2, 0.25) is 11.7 Å². The van der Waals surface area contributed by atoms with E-state index in [1.165, 1.54) is 18.6 Å². The fraction of sp³-hybridized carbons (Fsp3) is 0.417. The first-order chi connectivity index (χ1) is 16.1. The summed E-state index contributed by atoms with van der Waals surface area (Å²) in [6.45, 7) is 0.419. The number of para-hydroxylation sites is 2. The molecular formula is C24H27N5O4. The number of nitrogens with one attached hydrogen (secondary N) is 2. The highest BCUT2D eigenvalue weighted by Crippen LogP contribution is 2.29. The smallest absolute Gasteiger partial charge is 0.272 e. The molecule has 0 aliphatic heterocycles. The number of aromatic nitrogens is 3. The van der Waals surface area contributed by atoms with Crippen LogP contribution < -0.4 is 10.6 Å². The largest absolute Gasteiger partial charge is 0.434 e. The molecule has 1 aliphatic carbocycles. The molecule has 172 valence electrons. The van der Waals surface area contributed by atoms with Crippen LogP contribution in [0.15, 0.2) is 47.3 Å². The van der Waals surface area contributed by atoms with E-state index in [1.807, 2.05) is 12.1 Å². The molecular weight excluding hydrogens is 422 g/mol. The zero-order valence-electron chi connectivity index (χ0n) is 18.4. The van der Waals surface area contributed by atoms with E-state index < -0.39 is 11.4 Å². The Morgan fingerprint density at radius 3 is 2.61 bits per heavy atom. The molecule has 4 rings (SSSR count). The quantitative estimate of drug-likeness (QED) is 0.379. The molecule has 1 aliphatic rings. The number of carbonyl (C=O) groups excluding carboxylic acids is 3. The molecule has 33 heavy (non-hydrogen) atoms. The summed E-state index contributed by atoms with van der Waals surface area (Å²) in [5.74, 6) is -0.626. The number of rotatable bonds is 9. The summed E-state index contributed by atoms with van der Waals surface area (Å²) in [5.41, 5.74) is 0.498. The van der Waals surface area contributed by atoms with Gasteiger partial charge in [-0.1, -0.05) is 31.4 Å². The predicted octanol–water partition coefficient (Wildman–Crippen LogP) is 3.22. The number of hydrogen-bond acceptors (Lipinski definition) is 7. The van der Waals surface area contributed by atoms with Crippen LogP contribution >= 0.6 is 0 Å². The lowest BCUT2D eigenvalue weighted by Crippen LogP contribution is -2.59. The summed E-state index contributed by atoms with van der Waals surface area (Å²) < 4.78 is 5.51. The van der Waals surface area contributed by atoms with Crippen molar-refractivity contribution in [3.63, 3.8) is 0 Å². The SMILES string of the molecule is O=C(NC1(C(=O)NCCCCC(=O)c2nc3ccccc3o2)CCCCC1)c1cnccn1. The Morgan fingerprint density at radius 1 is 1.03 bits per heavy atom. The number of fused-ring (bicyclic) bond motifs is 1. The molecule has 2 aromatic heterocycles. The molecule has 1 fully saturated rings. The Hall–Kier alpha value is -3.62. The van der Waals surface area contributed by atoms with E-state index in [9.17, 15) is 14.4 Å². The Morgan fingerprint density at radius 2 is 1.85 bits per heavy atom. The monoisotopic (exact) mass is 449 g/mol. The summed E-state index contributed by atoms with van der Waals surface area (Å²) >= 11 is 0. The number of ketones is 1. The maximum absolute atomic E-state index is 13.1. The van der Waals surface area contributed by atoms with Crippen molar-refractivity contribution in [3.8, 4) is 0 Å². The van der Waals surface area contributed by atoms with E-state index in [1.54, 1.807) is 12.1 Å². The van der Waals surface area contributed by atoms with Crippen molar-refractivity contribution >= 4 is 28.7 Å². The average Bonchev–Trinajstić information content (AvgIpc) is 3.29. The highest BCUT2D eigenvalue weighted by atomic mass is 16.4. The van der Waals surface area contributed by atoms with Gasteiger partial charge in [0.05, 0.1) is 6.20 Å². The van der Waals surface area contributed by atoms with Gasteiger partial charge in [0.25, 0.3) is 11.8 Å². The van der Waals surface area contributed by atoms with Crippen molar-refractivity contribution in [1.29, 1.82) is 0 Å². The number of hydrogen-bond donors (Lipinski definition) is 2. The Balaban J connectivity index is 1.27. The highest BCUT2D eigenvalue weighted by molar-refractivity contribution is 5.98. The van der Waals surface area contributed by atoms with Gasteiger partial charge in [-0.05, 0) is 37.8 Å². The summed E-state index contributed by atoms with van der Waals surface area (Å²) in [7, 11) is 0. The van der Waals surface area contributed by atoms with Crippen molar-refractivity contribution in [2.45, 2.75) is 56.9 Å². The fourth-order valence-electron chi connectivity index (χ4n) is 4.14. The molecule has 0 radical (unpaired) electrons. The molecule has 2 heterocycles. The Kier molecular flexibility index (Phi) is 7.07. The van der Waals surface area contributed by atoms with Crippen LogP contribution in [-0.2, 0) is 4.79 Å². The molecule has 0 bridgehead atoms. The summed E-state index contributed by atoms with van der Waals surface area (Å²) in [4.78, 5) is 50.2. The van der Waals surface area contributed by atoms with Crippen LogP contribution in [0.5, 0.6) is 0 Å². The minimum Gasteiger partial charge on any atom is -0.434 e. The van der Waals surface area contributed by atoms with Crippen molar-refractivity contribution < 1.29 is 18.8 Å². The normalized spacial score (nSPS) is 15.2. The predicted molar refractivity (Wildman–Crippen MR) is 121 cm³/mol. The first-order valence-electron chi connectivity index (χ1n) is 11.3. The van der Waals surface area contributed by atoms with Crippen LogP contribution in [0, 0.1) is 0 Å². The average molecular weight is 450 g/mol. The number of Topliss-reactive ketones (excluding diaryl/α,β-unsaturated/α-hetero) is 1. The van der Waals surface area contributed by atoms with Crippen LogP contribution in [0.4, 0.5) is 0 Å². The molecule has 3 aromatic rings. The third kappa shape index (κ3) is 5.42. The van der Waals surface area contributed by atoms with Crippen LogP contribution in [0.3, 0.4) is 0 Å². The minimum atomic E-state index is -0.944. The van der Waals surface area contributed by atoms with Gasteiger partial charge in [-0.25, -0.2) is 9.97 Å². The molecule has 1 saturated carbocycles. The standard InChI is InChI=1S/C24H27N5O4/c30-19(22-28-17-8-2-3-10-20(17)33-22)9-4-7-13-27-23(32)24(11-5-1-6-12-24)29-21(31)18-16-25-14-15-26-18/h2-3,8,10,14-16H,1,4-7,9,11-13H2,(H,27,32)(H,29,31). The number of nitrogens with zero attached hydrogens (tertiary/aromatic N) is 3. The van der Waals surface area contributed by atoms with E-state index in [4.69, 9.17) is 4.42 Å². The first kappa shape index (κ1) is 22.6. The number of unbranched alkanes of at least 4 members (excludes halogenated alkanes) is 1. The van der Waals surface area contributed by atoms with Crippen LogP contribution in [0.25, 0.3) is 11.1 Å². The van der Waals surface area contributed by atoms with Crippen LogP contribution in [-0.4, -0.2) is 44.6 Å². The van der Waals surface area contributed by atoms with E-state index in [-0.39, 0.29) is 29.7 Å². The van der Waals surface area contributed by atoms with Gasteiger partial charge in [-0.2, -0.15) is 0 Å². The molecule has 2 amide bonds. The van der Waals surface area contributed by atoms with Gasteiger partial charge in [0.1, 0.15) is 16.7 Å². The molecule has 2 N–H and O–H groups in total. The minimum absolute atomic E-state index is 0.119. The molecule has 0 atom stereocenters. The lowest BCUT2D eigenvalue weighted by Gasteiger charge is -2.36. The number of oxazole rings is 1. The molecule has 0 saturated heterocycles. The Bertz CT molecular complexity index is 1090. The van der Waals surface area contributed by atoms with Gasteiger partial charge in [0, 0.05) is 25.4 Å². The maximum Gasteiger partial charge on any atom is 0.272 e. The molecule has 0 unspecified atom stereocenters. The lowest BCUT2D eigenvalue weighted by atomic mass is 9.80. The maximum atomic E-state index is 13.1. The van der Waals surface area contributed by atoms with Gasteiger partial charge < -0.3 is 15.1 Å². The van der Waals surface area contributed by atoms with Crippen molar-refractivity contribution in [2.75, 3.05) is 6.54 Å². The summed E-state index contributed by atoms with van der Waals surface area (Å²) in [6.07, 6.45) is 9.79. The van der Waals surface area contributed by atoms with E-state index in [0.717, 1.165) is 19.3 Å². The van der Waals surface area contributed by atoms with Crippen LogP contribution in [0.1, 0.15) is 72.5 Å². The van der Waals surface area contributed by atoms with E-state index in [0.29, 0.717) is 43.3 Å². The zero-order chi connectivity index (χ0) is 23.1. The zero-order valence-corrected chi connectivity index (χ0v) is 18.4. The third-order valence-corrected chi connectivity index (χ3v) is 5.94. The highest BCUT2D eigenvalue weighted by Gasteiger charge is 2.41. The first-order valence-corrected chi connectivity index (χ1v) is 11.3. The van der Waals surface area contributed by atoms with Crippen molar-refractivity contribution in [1.82, 2.24) is 25.6 Å². The van der Waals surface area contributed by atoms with E-state index in [2.05, 4.69) is 25.6 Å². The molecule has 0 spiro atoms. The fourth-order valence-corrected chi connectivity index (χ4v) is 4.14. The van der Waals surface area contributed by atoms with Gasteiger partial charge in [-0.15, -0.1) is 0 Å². The summed E-state index contributed by atoms with van der Waals surface area (Å²) in [6, 6.07) is 7.25. The second kappa shape index (κ2) is 10.3. The summed E-state index contributed by atoms with van der Waals surface area (Å²) in [5, 5.41) is 5.86. The number of carbonyl (C=O) groups is 3. The number of benzene rings is 1. The van der Waals surface area contributed by atoms with Gasteiger partial charge >= 0.3 is 0 Å². The topological polar surface area (TPSA) is 127 Å². The van der Waals surface area contributed by atoms with E-state index >= 15 is 0 Å². The molecule has 9 nitrogen and oxygen atoms in total. The second-order valence-electron chi connectivity index (χ2n) is 8.31. The van der Waals surface area contributed by atoms with Crippen molar-refractivity contribution in [2.24, 2.45) is 0 Å². The third-order valence-electron chi connectivity index (χ3n) is 5.94. The van der Waals surface area contributed by atoms with Gasteiger partial charge in [-0.3, -0.25) is 19.4 Å². The lowest BCUT2D eigenvalue weighted by molar-refractivity contribution is -0.128. The number of amides is 2. The molecule has 9 heteroatoms. The van der Waals surface area contributed by atoms with Crippen molar-refractivity contribution in [3.05, 3.63) is 54.4 Å². The second-order valence-corrected chi connectivity index (χ2v) is 8.31. The Labute approximate surface area is 191 Å². The molecule has 1 aromatic carbocycles. The van der Waals surface area contributed by atoms with Gasteiger partial charge in [0.15, 0.2) is 5.58 Å².